The molecule has 0 N–H and O–H groups in total. The smallest absolute Gasteiger partial charge is 0.190 e. The average molecular weight is 239 g/mol. The number of carboxylic acid groups (broad SMARTS) is 1. The summed E-state index contributed by atoms with van der Waals surface area (Å²) in [6, 6.07) is 10.3. The Morgan fingerprint density at radius 3 is 2.61 bits per heavy atom. The lowest BCUT2D eigenvalue weighted by atomic mass is 9.96. The summed E-state index contributed by atoms with van der Waals surface area (Å²) in [6.45, 7) is 0. The summed E-state index contributed by atoms with van der Waals surface area (Å²) in [5.41, 5.74) is 0.539. The minimum absolute atomic E-state index is 0.0910. The van der Waals surface area contributed by atoms with Crippen molar-refractivity contribution in [2.24, 2.45) is 5.92 Å². The zero-order valence-electron chi connectivity index (χ0n) is 9.21. The van der Waals surface area contributed by atoms with Gasteiger partial charge in [-0.25, -0.2) is 0 Å². The molecular formula is C13H7N2O3-. The number of nitrogens with zero attached hydrogens (tertiary/aromatic N) is 2. The van der Waals surface area contributed by atoms with Crippen molar-refractivity contribution in [1.82, 2.24) is 0 Å². The van der Waals surface area contributed by atoms with Crippen LogP contribution in [0.4, 0.5) is 0 Å². The standard InChI is InChI=1S/C13H8N2O3/c14-6-9(7-15)12-10(13(16)17)5-8-3-1-2-4-11(8)18-12/h1-4,9H,5H2,(H,16,17)/p-1. The van der Waals surface area contributed by atoms with Gasteiger partial charge >= 0.3 is 0 Å². The van der Waals surface area contributed by atoms with Gasteiger partial charge in [0.25, 0.3) is 0 Å². The SMILES string of the molecule is N#CC(C#N)C1=C(C(=O)[O-])Cc2ccccc2O1. The fourth-order valence-electron chi connectivity index (χ4n) is 1.76. The van der Waals surface area contributed by atoms with Crippen molar-refractivity contribution in [1.29, 1.82) is 10.5 Å². The maximum Gasteiger partial charge on any atom is 0.190 e. The minimum Gasteiger partial charge on any atom is -0.545 e. The van der Waals surface area contributed by atoms with Crippen LogP contribution in [0.25, 0.3) is 0 Å². The number of hydrogen-bond acceptors (Lipinski definition) is 5. The Balaban J connectivity index is 2.51. The number of carbonyl (C=O) groups excluding carboxylic acids is 1. The van der Waals surface area contributed by atoms with Crippen LogP contribution in [0.2, 0.25) is 0 Å². The molecule has 0 unspecified atom stereocenters. The van der Waals surface area contributed by atoms with Gasteiger partial charge in [-0.05, 0) is 11.6 Å². The highest BCUT2D eigenvalue weighted by Gasteiger charge is 2.26. The Bertz CT molecular complexity index is 606. The van der Waals surface area contributed by atoms with Gasteiger partial charge in [-0.2, -0.15) is 10.5 Å². The number of allylic oxidation sites excluding steroid dienone is 1. The van der Waals surface area contributed by atoms with Gasteiger partial charge in [0.2, 0.25) is 0 Å². The van der Waals surface area contributed by atoms with Crippen molar-refractivity contribution in [3.63, 3.8) is 0 Å². The molecule has 1 aromatic rings. The van der Waals surface area contributed by atoms with E-state index in [1.807, 2.05) is 0 Å². The average Bonchev–Trinajstić information content (AvgIpc) is 2.39. The number of rotatable bonds is 2. The molecule has 0 spiro atoms. The maximum absolute atomic E-state index is 11.0. The van der Waals surface area contributed by atoms with Crippen molar-refractivity contribution in [2.75, 3.05) is 0 Å². The molecule has 0 fully saturated rings. The summed E-state index contributed by atoms with van der Waals surface area (Å²) >= 11 is 0. The van der Waals surface area contributed by atoms with Gasteiger partial charge in [0, 0.05) is 12.0 Å². The molecule has 5 heteroatoms. The molecule has 0 radical (unpaired) electrons. The predicted octanol–water partition coefficient (Wildman–Crippen LogP) is 0.289. The zero-order chi connectivity index (χ0) is 13.1. The van der Waals surface area contributed by atoms with Crippen molar-refractivity contribution < 1.29 is 14.6 Å². The molecule has 1 aliphatic rings. The number of benzene rings is 1. The quantitative estimate of drug-likeness (QED) is 0.738. The number of fused-ring (bicyclic) bond motifs is 1. The van der Waals surface area contributed by atoms with Gasteiger partial charge < -0.3 is 14.6 Å². The summed E-state index contributed by atoms with van der Waals surface area (Å²) in [5.74, 6) is -2.34. The molecule has 1 aliphatic heterocycles. The zero-order valence-corrected chi connectivity index (χ0v) is 9.21. The molecule has 1 heterocycles. The third-order valence-corrected chi connectivity index (χ3v) is 2.62. The highest BCUT2D eigenvalue weighted by atomic mass is 16.5. The summed E-state index contributed by atoms with van der Waals surface area (Å²) in [4.78, 5) is 11.0. The normalized spacial score (nSPS) is 13.3. The first-order chi connectivity index (χ1) is 8.67. The fraction of sp³-hybridized carbons (Fsp3) is 0.154. The van der Waals surface area contributed by atoms with E-state index in [2.05, 4.69) is 0 Å². The van der Waals surface area contributed by atoms with Crippen LogP contribution in [0.15, 0.2) is 35.6 Å². The van der Waals surface area contributed by atoms with Crippen molar-refractivity contribution >= 4 is 5.97 Å². The molecule has 0 saturated carbocycles. The van der Waals surface area contributed by atoms with Crippen LogP contribution >= 0.6 is 0 Å². The van der Waals surface area contributed by atoms with Crippen molar-refractivity contribution in [2.45, 2.75) is 6.42 Å². The second-order valence-electron chi connectivity index (χ2n) is 3.71. The van der Waals surface area contributed by atoms with Gasteiger partial charge in [-0.15, -0.1) is 0 Å². The third-order valence-electron chi connectivity index (χ3n) is 2.62. The molecule has 0 aliphatic carbocycles. The molecule has 88 valence electrons. The van der Waals surface area contributed by atoms with E-state index in [1.54, 1.807) is 36.4 Å². The maximum atomic E-state index is 11.0. The van der Waals surface area contributed by atoms with Crippen LogP contribution in [-0.4, -0.2) is 5.97 Å². The number of carboxylic acids is 1. The van der Waals surface area contributed by atoms with E-state index < -0.39 is 11.9 Å². The molecule has 5 nitrogen and oxygen atoms in total. The molecular weight excluding hydrogens is 232 g/mol. The summed E-state index contributed by atoms with van der Waals surface area (Å²) < 4.78 is 5.36. The lowest BCUT2D eigenvalue weighted by Crippen LogP contribution is -2.31. The van der Waals surface area contributed by atoms with Crippen molar-refractivity contribution in [3.8, 4) is 17.9 Å². The molecule has 0 aromatic heterocycles. The van der Waals surface area contributed by atoms with E-state index in [-0.39, 0.29) is 17.8 Å². The largest absolute Gasteiger partial charge is 0.545 e. The first-order valence-electron chi connectivity index (χ1n) is 5.16. The summed E-state index contributed by atoms with van der Waals surface area (Å²) in [5, 5.41) is 28.7. The van der Waals surface area contributed by atoms with Gasteiger partial charge in [0.1, 0.15) is 11.5 Å². The van der Waals surface area contributed by atoms with Crippen LogP contribution in [0, 0.1) is 28.6 Å². The van der Waals surface area contributed by atoms with Gasteiger partial charge in [0.15, 0.2) is 5.92 Å². The van der Waals surface area contributed by atoms with E-state index in [0.29, 0.717) is 11.3 Å². The predicted molar refractivity (Wildman–Crippen MR) is 57.5 cm³/mol. The topological polar surface area (TPSA) is 96.9 Å². The van der Waals surface area contributed by atoms with Gasteiger partial charge in [-0.1, -0.05) is 18.2 Å². The highest BCUT2D eigenvalue weighted by molar-refractivity contribution is 5.87. The molecule has 18 heavy (non-hydrogen) atoms. The van der Waals surface area contributed by atoms with Crippen LogP contribution in [0.3, 0.4) is 0 Å². The van der Waals surface area contributed by atoms with Crippen molar-refractivity contribution in [3.05, 3.63) is 41.2 Å². The second kappa shape index (κ2) is 4.60. The number of para-hydroxylation sites is 1. The van der Waals surface area contributed by atoms with Crippen LogP contribution in [-0.2, 0) is 11.2 Å². The number of carbonyl (C=O) groups is 1. The summed E-state index contributed by atoms with van der Waals surface area (Å²) in [6.07, 6.45) is 0.0910. The van der Waals surface area contributed by atoms with E-state index in [9.17, 15) is 9.90 Å². The van der Waals surface area contributed by atoms with Gasteiger partial charge in [0.05, 0.1) is 18.1 Å². The molecule has 0 atom stereocenters. The summed E-state index contributed by atoms with van der Waals surface area (Å²) in [7, 11) is 0. The Kier molecular flexibility index (Phi) is 2.99. The lowest BCUT2D eigenvalue weighted by molar-refractivity contribution is -0.299. The van der Waals surface area contributed by atoms with E-state index in [4.69, 9.17) is 15.3 Å². The Morgan fingerprint density at radius 2 is 2.00 bits per heavy atom. The molecule has 2 rings (SSSR count). The second-order valence-corrected chi connectivity index (χ2v) is 3.71. The minimum atomic E-state index is -1.42. The Labute approximate surface area is 103 Å². The van der Waals surface area contributed by atoms with E-state index in [1.165, 1.54) is 0 Å². The molecule has 0 bridgehead atoms. The molecule has 0 saturated heterocycles. The fourth-order valence-corrected chi connectivity index (χ4v) is 1.76. The monoisotopic (exact) mass is 239 g/mol. The lowest BCUT2D eigenvalue weighted by Gasteiger charge is -2.24. The van der Waals surface area contributed by atoms with Crippen LogP contribution in [0.1, 0.15) is 5.56 Å². The van der Waals surface area contributed by atoms with E-state index in [0.717, 1.165) is 0 Å². The first kappa shape index (κ1) is 11.7. The number of aliphatic carboxylic acids is 1. The first-order valence-corrected chi connectivity index (χ1v) is 5.16. The number of ether oxygens (including phenoxy) is 1. The van der Waals surface area contributed by atoms with Crippen LogP contribution < -0.4 is 9.84 Å². The Morgan fingerprint density at radius 1 is 1.33 bits per heavy atom. The number of hydrogen-bond donors (Lipinski definition) is 0. The number of nitriles is 2. The molecule has 0 amide bonds. The third kappa shape index (κ3) is 1.90. The molecule has 1 aromatic carbocycles. The van der Waals surface area contributed by atoms with Crippen LogP contribution in [0.5, 0.6) is 5.75 Å². The van der Waals surface area contributed by atoms with E-state index >= 15 is 0 Å². The van der Waals surface area contributed by atoms with Gasteiger partial charge in [-0.3, -0.25) is 0 Å². The Hall–Kier alpha value is -2.79. The highest BCUT2D eigenvalue weighted by Crippen LogP contribution is 2.32.